The van der Waals surface area contributed by atoms with Crippen LogP contribution in [0.4, 0.5) is 8.78 Å². The third-order valence-electron chi connectivity index (χ3n) is 2.67. The van der Waals surface area contributed by atoms with Gasteiger partial charge in [0.15, 0.2) is 11.6 Å². The second kappa shape index (κ2) is 6.31. The summed E-state index contributed by atoms with van der Waals surface area (Å²) in [6.07, 6.45) is 0. The van der Waals surface area contributed by atoms with Gasteiger partial charge in [-0.3, -0.25) is 4.79 Å². The van der Waals surface area contributed by atoms with Crippen molar-refractivity contribution in [1.29, 1.82) is 0 Å². The van der Waals surface area contributed by atoms with Crippen molar-refractivity contribution in [3.05, 3.63) is 34.4 Å². The first-order valence-corrected chi connectivity index (χ1v) is 5.59. The molecule has 1 aromatic rings. The molecule has 1 fully saturated rings. The standard InChI is InChI=1S/C11H11ClF2N2O.ClH/c12-8-2-10(14)9(13)1-7(8)11(17)16-5-6-3-15-4-6;/h1-2,6,15H,3-5H2,(H,16,17);1H. The van der Waals surface area contributed by atoms with E-state index in [9.17, 15) is 13.6 Å². The van der Waals surface area contributed by atoms with Crippen LogP contribution in [0, 0.1) is 17.6 Å². The van der Waals surface area contributed by atoms with Gasteiger partial charge in [-0.05, 0) is 12.1 Å². The fourth-order valence-electron chi connectivity index (χ4n) is 1.52. The molecule has 0 bridgehead atoms. The minimum atomic E-state index is -1.08. The van der Waals surface area contributed by atoms with Crippen LogP contribution in [0.5, 0.6) is 0 Å². The van der Waals surface area contributed by atoms with Crippen LogP contribution in [-0.4, -0.2) is 25.5 Å². The van der Waals surface area contributed by atoms with E-state index >= 15 is 0 Å². The van der Waals surface area contributed by atoms with Crippen LogP contribution in [-0.2, 0) is 0 Å². The molecule has 7 heteroatoms. The summed E-state index contributed by atoms with van der Waals surface area (Å²) < 4.78 is 25.8. The summed E-state index contributed by atoms with van der Waals surface area (Å²) in [5, 5.41) is 5.61. The molecule has 100 valence electrons. The summed E-state index contributed by atoms with van der Waals surface area (Å²) in [4.78, 5) is 11.7. The lowest BCUT2D eigenvalue weighted by atomic mass is 10.0. The summed E-state index contributed by atoms with van der Waals surface area (Å²) in [6, 6.07) is 1.61. The van der Waals surface area contributed by atoms with E-state index < -0.39 is 17.5 Å². The second-order valence-corrected chi connectivity index (χ2v) is 4.39. The number of halogens is 4. The van der Waals surface area contributed by atoms with Crippen molar-refractivity contribution in [2.24, 2.45) is 5.92 Å². The largest absolute Gasteiger partial charge is 0.352 e. The van der Waals surface area contributed by atoms with Gasteiger partial charge in [0.2, 0.25) is 0 Å². The third-order valence-corrected chi connectivity index (χ3v) is 2.98. The number of amides is 1. The van der Waals surface area contributed by atoms with Gasteiger partial charge in [-0.2, -0.15) is 0 Å². The lowest BCUT2D eigenvalue weighted by Crippen LogP contribution is -2.48. The first-order valence-electron chi connectivity index (χ1n) is 5.21. The van der Waals surface area contributed by atoms with Gasteiger partial charge in [0.25, 0.3) is 5.91 Å². The highest BCUT2D eigenvalue weighted by molar-refractivity contribution is 6.33. The van der Waals surface area contributed by atoms with Crippen LogP contribution >= 0.6 is 24.0 Å². The topological polar surface area (TPSA) is 41.1 Å². The summed E-state index contributed by atoms with van der Waals surface area (Å²) in [5.74, 6) is -2.23. The Morgan fingerprint density at radius 1 is 1.39 bits per heavy atom. The van der Waals surface area contributed by atoms with E-state index in [1.165, 1.54) is 0 Å². The smallest absolute Gasteiger partial charge is 0.252 e. The Kier molecular flexibility index (Phi) is 5.31. The maximum Gasteiger partial charge on any atom is 0.252 e. The number of nitrogens with one attached hydrogen (secondary N) is 2. The van der Waals surface area contributed by atoms with Crippen molar-refractivity contribution in [2.45, 2.75) is 0 Å². The molecule has 0 aromatic heterocycles. The number of rotatable bonds is 3. The monoisotopic (exact) mass is 296 g/mol. The number of carbonyl (C=O) groups is 1. The van der Waals surface area contributed by atoms with Crippen LogP contribution in [0.2, 0.25) is 5.02 Å². The van der Waals surface area contributed by atoms with Crippen molar-refractivity contribution >= 4 is 29.9 Å². The molecular weight excluding hydrogens is 285 g/mol. The molecule has 1 heterocycles. The van der Waals surface area contributed by atoms with E-state index in [0.717, 1.165) is 25.2 Å². The molecule has 2 N–H and O–H groups in total. The van der Waals surface area contributed by atoms with Gasteiger partial charge in [-0.25, -0.2) is 8.78 Å². The molecule has 1 aromatic carbocycles. The molecule has 1 saturated heterocycles. The third kappa shape index (κ3) is 3.31. The highest BCUT2D eigenvalue weighted by Crippen LogP contribution is 2.20. The quantitative estimate of drug-likeness (QED) is 0.838. The highest BCUT2D eigenvalue weighted by Gasteiger charge is 2.19. The van der Waals surface area contributed by atoms with Crippen molar-refractivity contribution in [1.82, 2.24) is 10.6 Å². The molecule has 1 aliphatic heterocycles. The minimum Gasteiger partial charge on any atom is -0.352 e. The Labute approximate surface area is 114 Å². The summed E-state index contributed by atoms with van der Waals surface area (Å²) in [6.45, 7) is 2.21. The maximum absolute atomic E-state index is 13.0. The van der Waals surface area contributed by atoms with Crippen molar-refractivity contribution in [3.8, 4) is 0 Å². The molecule has 3 nitrogen and oxygen atoms in total. The Balaban J connectivity index is 0.00000162. The number of hydrogen-bond donors (Lipinski definition) is 2. The SMILES string of the molecule is Cl.O=C(NCC1CNC1)c1cc(F)c(F)cc1Cl. The predicted molar refractivity (Wildman–Crippen MR) is 67.3 cm³/mol. The molecule has 2 rings (SSSR count). The lowest BCUT2D eigenvalue weighted by Gasteiger charge is -2.27. The summed E-state index contributed by atoms with van der Waals surface area (Å²) in [7, 11) is 0. The Morgan fingerprint density at radius 3 is 2.56 bits per heavy atom. The molecule has 18 heavy (non-hydrogen) atoms. The van der Waals surface area contributed by atoms with E-state index in [2.05, 4.69) is 10.6 Å². The molecule has 1 aliphatic rings. The van der Waals surface area contributed by atoms with Crippen LogP contribution in [0.3, 0.4) is 0 Å². The molecule has 1 amide bonds. The molecule has 0 unspecified atom stereocenters. The Bertz CT molecular complexity index is 453. The first-order chi connectivity index (χ1) is 8.08. The zero-order valence-corrected chi connectivity index (χ0v) is 10.9. The predicted octanol–water partition coefficient (Wildman–Crippen LogP) is 1.99. The fourth-order valence-corrected chi connectivity index (χ4v) is 1.76. The average molecular weight is 297 g/mol. The second-order valence-electron chi connectivity index (χ2n) is 3.98. The van der Waals surface area contributed by atoms with Gasteiger partial charge >= 0.3 is 0 Å². The molecule has 0 saturated carbocycles. The van der Waals surface area contributed by atoms with Crippen LogP contribution in [0.1, 0.15) is 10.4 Å². The van der Waals surface area contributed by atoms with Crippen LogP contribution in [0.15, 0.2) is 12.1 Å². The lowest BCUT2D eigenvalue weighted by molar-refractivity contribution is 0.0942. The minimum absolute atomic E-state index is 0. The normalized spacial score (nSPS) is 14.6. The zero-order chi connectivity index (χ0) is 12.4. The van der Waals surface area contributed by atoms with Crippen LogP contribution < -0.4 is 10.6 Å². The molecule has 0 radical (unpaired) electrons. The van der Waals surface area contributed by atoms with Gasteiger partial charge in [-0.1, -0.05) is 11.6 Å². The van der Waals surface area contributed by atoms with E-state index in [1.807, 2.05) is 0 Å². The summed E-state index contributed by atoms with van der Waals surface area (Å²) >= 11 is 5.68. The fraction of sp³-hybridized carbons (Fsp3) is 0.364. The van der Waals surface area contributed by atoms with Crippen LogP contribution in [0.25, 0.3) is 0 Å². The number of carbonyl (C=O) groups excluding carboxylic acids is 1. The number of benzene rings is 1. The average Bonchev–Trinajstić information content (AvgIpc) is 2.21. The maximum atomic E-state index is 13.0. The van der Waals surface area contributed by atoms with E-state index in [1.54, 1.807) is 0 Å². The van der Waals surface area contributed by atoms with Crippen molar-refractivity contribution < 1.29 is 13.6 Å². The molecular formula is C11H12Cl2F2N2O. The van der Waals surface area contributed by atoms with Crippen molar-refractivity contribution in [3.63, 3.8) is 0 Å². The Hall–Kier alpha value is -0.910. The van der Waals surface area contributed by atoms with Gasteiger partial charge in [0.05, 0.1) is 10.6 Å². The van der Waals surface area contributed by atoms with Gasteiger partial charge in [0, 0.05) is 25.6 Å². The van der Waals surface area contributed by atoms with E-state index in [0.29, 0.717) is 12.5 Å². The molecule has 0 spiro atoms. The number of hydrogen-bond acceptors (Lipinski definition) is 2. The van der Waals surface area contributed by atoms with Gasteiger partial charge < -0.3 is 10.6 Å². The van der Waals surface area contributed by atoms with E-state index in [-0.39, 0.29) is 23.0 Å². The van der Waals surface area contributed by atoms with Crippen molar-refractivity contribution in [2.75, 3.05) is 19.6 Å². The first kappa shape index (κ1) is 15.1. The van der Waals surface area contributed by atoms with Gasteiger partial charge in [-0.15, -0.1) is 12.4 Å². The zero-order valence-electron chi connectivity index (χ0n) is 9.30. The Morgan fingerprint density at radius 2 is 2.00 bits per heavy atom. The van der Waals surface area contributed by atoms with Gasteiger partial charge in [0.1, 0.15) is 0 Å². The summed E-state index contributed by atoms with van der Waals surface area (Å²) in [5.41, 5.74) is -0.0437. The molecule has 0 atom stereocenters. The molecule has 0 aliphatic carbocycles. The highest BCUT2D eigenvalue weighted by atomic mass is 35.5. The van der Waals surface area contributed by atoms with E-state index in [4.69, 9.17) is 11.6 Å².